The second kappa shape index (κ2) is 8.15. The van der Waals surface area contributed by atoms with Crippen molar-refractivity contribution in [2.45, 2.75) is 6.92 Å². The second-order valence-corrected chi connectivity index (χ2v) is 7.20. The summed E-state index contributed by atoms with van der Waals surface area (Å²) in [4.78, 5) is 12.7. The molecule has 0 amide bonds. The molecule has 0 bridgehead atoms. The number of pyridine rings is 1. The third-order valence-corrected chi connectivity index (χ3v) is 5.11. The van der Waals surface area contributed by atoms with Crippen molar-refractivity contribution in [2.24, 2.45) is 0 Å². The molecule has 5 rings (SSSR count). The van der Waals surface area contributed by atoms with Crippen molar-refractivity contribution in [2.75, 3.05) is 25.2 Å². The summed E-state index contributed by atoms with van der Waals surface area (Å²) in [6.07, 6.45) is 4.53. The maximum atomic E-state index is 7.64. The van der Waals surface area contributed by atoms with E-state index in [1.165, 1.54) is 25.8 Å². The van der Waals surface area contributed by atoms with E-state index in [9.17, 15) is 0 Å². The van der Waals surface area contributed by atoms with Gasteiger partial charge in [-0.05, 0) is 30.7 Å². The van der Waals surface area contributed by atoms with Crippen LogP contribution in [0, 0.1) is 6.92 Å². The van der Waals surface area contributed by atoms with E-state index in [-0.39, 0.29) is 5.75 Å². The minimum absolute atomic E-state index is 0.0485. The summed E-state index contributed by atoms with van der Waals surface area (Å²) >= 11 is 0. The Morgan fingerprint density at radius 2 is 1.91 bits per heavy atom. The van der Waals surface area contributed by atoms with Crippen molar-refractivity contribution in [3.63, 3.8) is 0 Å². The van der Waals surface area contributed by atoms with Crippen LogP contribution < -0.4 is 25.3 Å². The third-order valence-electron chi connectivity index (χ3n) is 5.11. The molecule has 0 atom stereocenters. The van der Waals surface area contributed by atoms with Gasteiger partial charge in [0.25, 0.3) is 0 Å². The van der Waals surface area contributed by atoms with E-state index in [0.29, 0.717) is 51.0 Å². The van der Waals surface area contributed by atoms with Crippen molar-refractivity contribution in [3.8, 4) is 23.0 Å². The molecule has 0 aliphatic rings. The lowest BCUT2D eigenvalue weighted by molar-refractivity contribution is 0.410. The summed E-state index contributed by atoms with van der Waals surface area (Å²) in [7, 11) is -1.18. The summed E-state index contributed by atoms with van der Waals surface area (Å²) in [5, 5.41) is 7.84. The van der Waals surface area contributed by atoms with Crippen molar-refractivity contribution in [1.82, 2.24) is 24.6 Å². The Labute approximate surface area is 193 Å². The first-order valence-electron chi connectivity index (χ1n) is 11.4. The molecule has 5 aromatic rings. The molecule has 3 heterocycles. The highest BCUT2D eigenvalue weighted by molar-refractivity contribution is 5.95. The molecule has 2 aromatic carbocycles. The van der Waals surface area contributed by atoms with Crippen LogP contribution in [0.5, 0.6) is 23.0 Å². The normalized spacial score (nSPS) is 12.7. The van der Waals surface area contributed by atoms with Gasteiger partial charge in [0.15, 0.2) is 5.65 Å². The largest absolute Gasteiger partial charge is 0.495 e. The van der Waals surface area contributed by atoms with E-state index in [1.54, 1.807) is 41.0 Å². The monoisotopic (exact) mass is 446 g/mol. The molecule has 33 heavy (non-hydrogen) atoms. The van der Waals surface area contributed by atoms with Crippen LogP contribution in [0.1, 0.15) is 9.68 Å². The molecule has 0 aliphatic heterocycles. The Kier molecular flexibility index (Phi) is 4.20. The van der Waals surface area contributed by atoms with Gasteiger partial charge in [0, 0.05) is 29.8 Å². The Hall–Kier alpha value is -4.60. The topological polar surface area (TPSA) is 122 Å². The predicted molar refractivity (Wildman–Crippen MR) is 125 cm³/mol. The number of hydrogen-bond acceptors (Lipinski definition) is 9. The molecule has 0 unspecified atom stereocenters. The molecule has 10 heteroatoms. The number of benzene rings is 2. The summed E-state index contributed by atoms with van der Waals surface area (Å²) in [6.45, 7) is 1.83. The number of nitrogen functional groups attached to an aromatic ring is 1. The zero-order valence-electron chi connectivity index (χ0n) is 20.7. The second-order valence-electron chi connectivity index (χ2n) is 7.20. The van der Waals surface area contributed by atoms with Gasteiger partial charge in [-0.15, -0.1) is 0 Å². The van der Waals surface area contributed by atoms with Crippen molar-refractivity contribution >= 4 is 33.7 Å². The summed E-state index contributed by atoms with van der Waals surface area (Å²) in [6, 6.07) is 10.1. The van der Waals surface area contributed by atoms with E-state index in [4.69, 9.17) is 24.1 Å². The van der Waals surface area contributed by atoms with Crippen LogP contribution in [0.3, 0.4) is 0 Å². The maximum Gasteiger partial charge on any atom is 0.158 e. The number of aryl methyl sites for hydroxylation is 1. The van der Waals surface area contributed by atoms with Gasteiger partial charge in [0.1, 0.15) is 41.5 Å². The number of nitrogens with zero attached hydrogens (tertiary/aromatic N) is 5. The fourth-order valence-corrected chi connectivity index (χ4v) is 3.45. The van der Waals surface area contributed by atoms with E-state index in [0.717, 1.165) is 5.56 Å². The number of nitrogens with one attached hydrogen (secondary N) is 1. The fraction of sp³-hybridized carbons (Fsp3) is 0.130. The Balaban J connectivity index is 1.54. The molecule has 3 aromatic heterocycles. The van der Waals surface area contributed by atoms with Gasteiger partial charge >= 0.3 is 0 Å². The third kappa shape index (κ3) is 3.78. The van der Waals surface area contributed by atoms with E-state index < -0.39 is 7.04 Å². The first-order valence-corrected chi connectivity index (χ1v) is 9.86. The zero-order chi connectivity index (χ0) is 25.4. The highest BCUT2D eigenvalue weighted by atomic mass is 16.5. The lowest BCUT2D eigenvalue weighted by Gasteiger charge is -2.16. The molecule has 10 nitrogen and oxygen atoms in total. The number of rotatable bonds is 6. The molecule has 3 N–H and O–H groups in total. The van der Waals surface area contributed by atoms with Gasteiger partial charge in [0.2, 0.25) is 0 Å². The van der Waals surface area contributed by atoms with E-state index in [2.05, 4.69) is 25.4 Å². The van der Waals surface area contributed by atoms with Gasteiger partial charge in [-0.25, -0.2) is 19.5 Å². The number of anilines is 3. The van der Waals surface area contributed by atoms with Crippen LogP contribution in [-0.2, 0) is 0 Å². The molecule has 0 spiro atoms. The number of hydrogen-bond donors (Lipinski definition) is 2. The summed E-state index contributed by atoms with van der Waals surface area (Å²) < 4.78 is 41.1. The van der Waals surface area contributed by atoms with Crippen LogP contribution >= 0.6 is 0 Å². The van der Waals surface area contributed by atoms with Gasteiger partial charge in [0.05, 0.1) is 35.2 Å². The number of ether oxygens (including phenoxy) is 3. The van der Waals surface area contributed by atoms with E-state index in [1.807, 2.05) is 6.92 Å². The number of aromatic nitrogens is 5. The van der Waals surface area contributed by atoms with Crippen LogP contribution in [0.4, 0.5) is 17.2 Å². The molecule has 0 aliphatic carbocycles. The van der Waals surface area contributed by atoms with Crippen LogP contribution in [0.15, 0.2) is 55.2 Å². The minimum Gasteiger partial charge on any atom is -0.495 e. The Morgan fingerprint density at radius 1 is 1.00 bits per heavy atom. The average Bonchev–Trinajstić information content (AvgIpc) is 3.29. The zero-order valence-corrected chi connectivity index (χ0v) is 17.7. The van der Waals surface area contributed by atoms with Gasteiger partial charge in [-0.1, -0.05) is 0 Å². The molecular weight excluding hydrogens is 422 g/mol. The standard InChI is InChI=1S/C23H21N7O3/c1-13-6-18(29-23-15-8-16(24)20(31-2)9-17(15)25-11-27-23)21(32-3)10-19(13)33-14-4-5-30-22(7-14)26-12-28-30/h4-12H,24H2,1-3H3,(H,25,27,29)/i3D3. The molecule has 0 radical (unpaired) electrons. The van der Waals surface area contributed by atoms with Crippen LogP contribution in [-0.4, -0.2) is 38.7 Å². The molecule has 0 saturated carbocycles. The fourth-order valence-electron chi connectivity index (χ4n) is 3.45. The van der Waals surface area contributed by atoms with Crippen molar-refractivity contribution < 1.29 is 18.3 Å². The quantitative estimate of drug-likeness (QED) is 0.371. The van der Waals surface area contributed by atoms with Gasteiger partial charge in [-0.2, -0.15) is 5.10 Å². The molecule has 166 valence electrons. The molecule has 0 fully saturated rings. The lowest BCUT2D eigenvalue weighted by atomic mass is 10.1. The van der Waals surface area contributed by atoms with Crippen LogP contribution in [0.25, 0.3) is 16.6 Å². The summed E-state index contributed by atoms with van der Waals surface area (Å²) in [5.74, 6) is 1.86. The van der Waals surface area contributed by atoms with Crippen LogP contribution in [0.2, 0.25) is 0 Å². The SMILES string of the molecule is [2H]C([2H])([2H])Oc1cc(Oc2ccn3ncnc3c2)c(C)cc1Nc1ncnc2cc(OC)c(N)cc12. The highest BCUT2D eigenvalue weighted by Crippen LogP contribution is 2.38. The average molecular weight is 446 g/mol. The first-order chi connectivity index (χ1) is 17.2. The smallest absolute Gasteiger partial charge is 0.158 e. The van der Waals surface area contributed by atoms with Crippen molar-refractivity contribution in [1.29, 1.82) is 0 Å². The molecular formula is C23H21N7O3. The van der Waals surface area contributed by atoms with Gasteiger partial charge in [-0.3, -0.25) is 0 Å². The number of fused-ring (bicyclic) bond motifs is 2. The van der Waals surface area contributed by atoms with Crippen molar-refractivity contribution in [3.05, 3.63) is 60.8 Å². The molecule has 0 saturated heterocycles. The first kappa shape index (κ1) is 17.0. The summed E-state index contributed by atoms with van der Waals surface area (Å²) in [5.41, 5.74) is 8.78. The minimum atomic E-state index is -2.70. The van der Waals surface area contributed by atoms with Gasteiger partial charge < -0.3 is 25.3 Å². The predicted octanol–water partition coefficient (Wildman–Crippen LogP) is 4.12. The van der Waals surface area contributed by atoms with E-state index >= 15 is 0 Å². The Bertz CT molecular complexity index is 1590. The number of nitrogens with two attached hydrogens (primary N) is 1. The Morgan fingerprint density at radius 3 is 2.76 bits per heavy atom. The lowest BCUT2D eigenvalue weighted by Crippen LogP contribution is -2.01. The highest BCUT2D eigenvalue weighted by Gasteiger charge is 2.14. The number of methoxy groups -OCH3 is 2. The maximum absolute atomic E-state index is 7.64.